The molecule has 0 spiro atoms. The molecule has 39 heavy (non-hydrogen) atoms. The van der Waals surface area contributed by atoms with Gasteiger partial charge in [-0.25, -0.2) is 15.0 Å². The van der Waals surface area contributed by atoms with Gasteiger partial charge in [0.15, 0.2) is 0 Å². The lowest BCUT2D eigenvalue weighted by Crippen LogP contribution is -2.52. The zero-order valence-electron chi connectivity index (χ0n) is 23.4. The first-order chi connectivity index (χ1) is 19.0. The molecule has 0 aromatic carbocycles. The number of rotatable bonds is 6. The Morgan fingerprint density at radius 1 is 0.923 bits per heavy atom. The number of piperazine rings is 1. The predicted molar refractivity (Wildman–Crippen MR) is 158 cm³/mol. The van der Waals surface area contributed by atoms with Crippen LogP contribution in [0.25, 0.3) is 10.1 Å². The minimum Gasteiger partial charge on any atom is -0.355 e. The van der Waals surface area contributed by atoms with Gasteiger partial charge in [-0.3, -0.25) is 9.69 Å². The number of pyridine rings is 1. The minimum atomic E-state index is 0.0848. The summed E-state index contributed by atoms with van der Waals surface area (Å²) in [4.78, 5) is 37.1. The Bertz CT molecular complexity index is 1290. The van der Waals surface area contributed by atoms with Crippen LogP contribution in [0.2, 0.25) is 0 Å². The summed E-state index contributed by atoms with van der Waals surface area (Å²) in [5, 5.41) is 4.50. The summed E-state index contributed by atoms with van der Waals surface area (Å²) >= 11 is 1.57. The summed E-state index contributed by atoms with van der Waals surface area (Å²) in [6.45, 7) is 6.75. The third-order valence-corrected chi connectivity index (χ3v) is 9.86. The lowest BCUT2D eigenvalue weighted by molar-refractivity contribution is 0.0831. The van der Waals surface area contributed by atoms with Crippen LogP contribution in [0.4, 0.5) is 17.5 Å². The molecule has 1 saturated carbocycles. The van der Waals surface area contributed by atoms with Crippen molar-refractivity contribution < 1.29 is 4.79 Å². The van der Waals surface area contributed by atoms with Gasteiger partial charge in [0, 0.05) is 71.0 Å². The highest BCUT2D eigenvalue weighted by Crippen LogP contribution is 2.44. The average molecular weight is 549 g/mol. The fourth-order valence-corrected chi connectivity index (χ4v) is 7.66. The first-order valence-corrected chi connectivity index (χ1v) is 15.2. The fraction of sp³-hybridized carbons (Fsp3) is 0.586. The number of likely N-dealkylation sites (N-methyl/N-ethyl adjacent to an activating group) is 1. The maximum absolute atomic E-state index is 13.0. The first kappa shape index (κ1) is 26.4. The molecule has 0 bridgehead atoms. The highest BCUT2D eigenvalue weighted by molar-refractivity contribution is 7.21. The average Bonchev–Trinajstić information content (AvgIpc) is 3.61. The molecule has 1 N–H and O–H groups in total. The molecular weight excluding hydrogens is 508 g/mol. The van der Waals surface area contributed by atoms with Gasteiger partial charge >= 0.3 is 0 Å². The van der Waals surface area contributed by atoms with Gasteiger partial charge in [0.1, 0.15) is 17.5 Å². The fourth-order valence-electron chi connectivity index (χ4n) is 6.40. The van der Waals surface area contributed by atoms with Gasteiger partial charge in [0.05, 0.1) is 22.0 Å². The van der Waals surface area contributed by atoms with E-state index in [4.69, 9.17) is 4.98 Å². The lowest BCUT2D eigenvalue weighted by atomic mass is 9.94. The van der Waals surface area contributed by atoms with E-state index in [0.717, 1.165) is 52.5 Å². The number of nitrogens with zero attached hydrogens (tertiary/aromatic N) is 7. The van der Waals surface area contributed by atoms with Crippen molar-refractivity contribution in [3.05, 3.63) is 35.1 Å². The van der Waals surface area contributed by atoms with Crippen molar-refractivity contribution in [2.45, 2.75) is 50.5 Å². The standard InChI is InChI=1S/C29H40N8OS/c1-34(2)29(38)28-27(20-6-4-5-7-20)22-16-24(30-17-23(22)39-28)33-25-18-32-26(19-31-25)37-10-8-21(9-11-37)36-14-12-35(3)13-15-36/h16-21H,4-15H2,1-3H3,(H,30,31,33). The smallest absolute Gasteiger partial charge is 0.263 e. The molecule has 0 atom stereocenters. The Morgan fingerprint density at radius 2 is 1.64 bits per heavy atom. The largest absolute Gasteiger partial charge is 0.355 e. The summed E-state index contributed by atoms with van der Waals surface area (Å²) in [5.74, 6) is 2.88. The van der Waals surface area contributed by atoms with E-state index in [0.29, 0.717) is 17.8 Å². The van der Waals surface area contributed by atoms with Crippen LogP contribution in [-0.4, -0.2) is 102 Å². The molecule has 2 saturated heterocycles. The normalized spacial score (nSPS) is 20.1. The van der Waals surface area contributed by atoms with Gasteiger partial charge in [0.25, 0.3) is 5.91 Å². The molecule has 2 aliphatic heterocycles. The Hall–Kier alpha value is -2.82. The number of amides is 1. The van der Waals surface area contributed by atoms with Crippen LogP contribution in [-0.2, 0) is 0 Å². The Balaban J connectivity index is 1.14. The van der Waals surface area contributed by atoms with Crippen LogP contribution >= 0.6 is 11.3 Å². The molecule has 9 nitrogen and oxygen atoms in total. The number of anilines is 3. The molecule has 3 fully saturated rings. The number of nitrogens with one attached hydrogen (secondary N) is 1. The first-order valence-electron chi connectivity index (χ1n) is 14.4. The summed E-state index contributed by atoms with van der Waals surface area (Å²) in [6.07, 6.45) is 12.7. The SMILES string of the molecule is CN1CCN(C2CCN(c3cnc(Nc4cc5c(C6CCCC6)c(C(=O)N(C)C)sc5cn4)cn3)CC2)CC1. The Labute approximate surface area is 235 Å². The zero-order valence-corrected chi connectivity index (χ0v) is 24.2. The maximum atomic E-state index is 13.0. The highest BCUT2D eigenvalue weighted by atomic mass is 32.1. The quantitative estimate of drug-likeness (QED) is 0.485. The van der Waals surface area contributed by atoms with Crippen molar-refractivity contribution in [2.75, 3.05) is 70.6 Å². The van der Waals surface area contributed by atoms with E-state index in [1.807, 2.05) is 26.5 Å². The molecule has 6 rings (SSSR count). The second kappa shape index (κ2) is 11.3. The molecule has 3 aromatic rings. The topological polar surface area (TPSA) is 80.7 Å². The summed E-state index contributed by atoms with van der Waals surface area (Å²) in [7, 11) is 5.87. The third kappa shape index (κ3) is 5.60. The van der Waals surface area contributed by atoms with Crippen LogP contribution in [0, 0.1) is 0 Å². The van der Waals surface area contributed by atoms with Crippen LogP contribution in [0.5, 0.6) is 0 Å². The number of piperidine rings is 1. The number of thiophene rings is 1. The Kier molecular flexibility index (Phi) is 7.68. The molecule has 0 unspecified atom stereocenters. The van der Waals surface area contributed by atoms with Crippen molar-refractivity contribution in [2.24, 2.45) is 0 Å². The molecule has 5 heterocycles. The van der Waals surface area contributed by atoms with Crippen LogP contribution in [0.3, 0.4) is 0 Å². The maximum Gasteiger partial charge on any atom is 0.263 e. The lowest BCUT2D eigenvalue weighted by Gasteiger charge is -2.42. The molecule has 3 aromatic heterocycles. The summed E-state index contributed by atoms with van der Waals surface area (Å²) in [6, 6.07) is 2.77. The zero-order chi connectivity index (χ0) is 26.9. The number of fused-ring (bicyclic) bond motifs is 1. The predicted octanol–water partition coefficient (Wildman–Crippen LogP) is 4.41. The van der Waals surface area contributed by atoms with Crippen molar-refractivity contribution >= 4 is 44.8 Å². The van der Waals surface area contributed by atoms with Gasteiger partial charge in [-0.2, -0.15) is 0 Å². The van der Waals surface area contributed by atoms with Crippen LogP contribution in [0.15, 0.2) is 24.7 Å². The van der Waals surface area contributed by atoms with Crippen molar-refractivity contribution in [3.63, 3.8) is 0 Å². The molecule has 1 amide bonds. The van der Waals surface area contributed by atoms with Gasteiger partial charge in [0.2, 0.25) is 0 Å². The third-order valence-electron chi connectivity index (χ3n) is 8.72. The van der Waals surface area contributed by atoms with Crippen molar-refractivity contribution in [1.82, 2.24) is 29.7 Å². The van der Waals surface area contributed by atoms with E-state index in [1.54, 1.807) is 22.4 Å². The summed E-state index contributed by atoms with van der Waals surface area (Å²) in [5.41, 5.74) is 1.21. The second-order valence-electron chi connectivity index (χ2n) is 11.5. The highest BCUT2D eigenvalue weighted by Gasteiger charge is 2.29. The van der Waals surface area contributed by atoms with Crippen molar-refractivity contribution in [1.29, 1.82) is 0 Å². The molecular formula is C29H40N8OS. The van der Waals surface area contributed by atoms with Crippen LogP contribution < -0.4 is 10.2 Å². The van der Waals surface area contributed by atoms with Crippen LogP contribution in [0.1, 0.15) is 59.7 Å². The molecule has 208 valence electrons. The second-order valence-corrected chi connectivity index (χ2v) is 12.6. The molecule has 0 radical (unpaired) electrons. The molecule has 10 heteroatoms. The molecule has 3 aliphatic rings. The van der Waals surface area contributed by atoms with E-state index < -0.39 is 0 Å². The number of carbonyl (C=O) groups excluding carboxylic acids is 1. The van der Waals surface area contributed by atoms with Gasteiger partial charge in [-0.1, -0.05) is 12.8 Å². The Morgan fingerprint density at radius 3 is 2.31 bits per heavy atom. The number of hydrogen-bond donors (Lipinski definition) is 1. The van der Waals surface area contributed by atoms with E-state index in [-0.39, 0.29) is 5.91 Å². The van der Waals surface area contributed by atoms with E-state index in [9.17, 15) is 4.79 Å². The van der Waals surface area contributed by atoms with E-state index in [2.05, 4.69) is 43.1 Å². The molecule has 1 aliphatic carbocycles. The van der Waals surface area contributed by atoms with Gasteiger partial charge < -0.3 is 20.0 Å². The number of hydrogen-bond acceptors (Lipinski definition) is 9. The monoisotopic (exact) mass is 548 g/mol. The van der Waals surface area contributed by atoms with Gasteiger partial charge in [-0.15, -0.1) is 11.3 Å². The number of aromatic nitrogens is 3. The minimum absolute atomic E-state index is 0.0848. The van der Waals surface area contributed by atoms with Gasteiger partial charge in [-0.05, 0) is 50.3 Å². The van der Waals surface area contributed by atoms with E-state index in [1.165, 1.54) is 57.4 Å². The van der Waals surface area contributed by atoms with Crippen molar-refractivity contribution in [3.8, 4) is 0 Å². The number of carbonyl (C=O) groups is 1. The summed E-state index contributed by atoms with van der Waals surface area (Å²) < 4.78 is 1.06. The van der Waals surface area contributed by atoms with E-state index >= 15 is 0 Å².